The van der Waals surface area contributed by atoms with Gasteiger partial charge in [0.05, 0.1) is 18.6 Å². The Bertz CT molecular complexity index is 1090. The highest BCUT2D eigenvalue weighted by Gasteiger charge is 2.38. The van der Waals surface area contributed by atoms with Crippen LogP contribution in [0.25, 0.3) is 0 Å². The van der Waals surface area contributed by atoms with Gasteiger partial charge in [0.15, 0.2) is 11.6 Å². The van der Waals surface area contributed by atoms with E-state index in [1.54, 1.807) is 18.2 Å². The third-order valence-electron chi connectivity index (χ3n) is 7.01. The molecule has 3 rings (SSSR count). The molecule has 2 aliphatic heterocycles. The van der Waals surface area contributed by atoms with Crippen molar-refractivity contribution in [1.29, 1.82) is 0 Å². The minimum Gasteiger partial charge on any atom is -0.460 e. The Balaban J connectivity index is 1.87. The van der Waals surface area contributed by atoms with E-state index in [1.807, 2.05) is 33.8 Å². The summed E-state index contributed by atoms with van der Waals surface area (Å²) in [5.74, 6) is -1.04. The first-order valence-electron chi connectivity index (χ1n) is 13.6. The molecule has 0 aromatic carbocycles. The van der Waals surface area contributed by atoms with Crippen molar-refractivity contribution in [1.82, 2.24) is 15.2 Å². The van der Waals surface area contributed by atoms with Gasteiger partial charge in [0, 0.05) is 32.5 Å². The van der Waals surface area contributed by atoms with E-state index in [4.69, 9.17) is 13.9 Å². The van der Waals surface area contributed by atoms with Gasteiger partial charge < -0.3 is 29.2 Å². The van der Waals surface area contributed by atoms with Gasteiger partial charge in [0.1, 0.15) is 18.4 Å². The van der Waals surface area contributed by atoms with E-state index in [-0.39, 0.29) is 29.9 Å². The number of nitrogens with one attached hydrogen (secondary N) is 1. The lowest BCUT2D eigenvalue weighted by atomic mass is 9.94. The molecule has 3 heterocycles. The largest absolute Gasteiger partial charge is 0.460 e. The highest BCUT2D eigenvalue weighted by Crippen LogP contribution is 2.25. The second-order valence-corrected chi connectivity index (χ2v) is 10.6. The predicted molar refractivity (Wildman–Crippen MR) is 145 cm³/mol. The van der Waals surface area contributed by atoms with Crippen molar-refractivity contribution >= 4 is 17.8 Å². The van der Waals surface area contributed by atoms with Crippen LogP contribution in [0.1, 0.15) is 63.3 Å². The van der Waals surface area contributed by atoms with Crippen molar-refractivity contribution in [3.8, 4) is 0 Å². The second-order valence-electron chi connectivity index (χ2n) is 10.6. The van der Waals surface area contributed by atoms with E-state index in [9.17, 15) is 19.5 Å². The Morgan fingerprint density at radius 1 is 1.23 bits per heavy atom. The molecule has 0 aliphatic carbocycles. The van der Waals surface area contributed by atoms with E-state index in [0.29, 0.717) is 38.2 Å². The molecule has 39 heavy (non-hydrogen) atoms. The minimum atomic E-state index is -0.776. The van der Waals surface area contributed by atoms with Crippen molar-refractivity contribution < 1.29 is 33.4 Å². The minimum absolute atomic E-state index is 0.00318. The number of nitrogens with zero attached hydrogens (tertiary/aromatic N) is 2. The summed E-state index contributed by atoms with van der Waals surface area (Å²) in [6.45, 7) is 8.39. The number of hydrogen-bond donors (Lipinski definition) is 2. The topological polar surface area (TPSA) is 131 Å². The summed E-state index contributed by atoms with van der Waals surface area (Å²) in [4.78, 5) is 44.7. The van der Waals surface area contributed by atoms with Crippen molar-refractivity contribution in [3.05, 3.63) is 53.8 Å². The summed E-state index contributed by atoms with van der Waals surface area (Å²) in [5.41, 5.74) is 0.946. The zero-order valence-electron chi connectivity index (χ0n) is 23.5. The number of cyclic esters (lactones) is 1. The molecular weight excluding hydrogens is 502 g/mol. The van der Waals surface area contributed by atoms with Gasteiger partial charge in [-0.25, -0.2) is 9.78 Å². The molecule has 2 aliphatic rings. The number of hydrogen-bond acceptors (Lipinski definition) is 8. The van der Waals surface area contributed by atoms with Gasteiger partial charge in [-0.05, 0) is 31.8 Å². The maximum atomic E-state index is 13.3. The van der Waals surface area contributed by atoms with Crippen LogP contribution in [0.15, 0.2) is 46.6 Å². The number of carbonyl (C=O) groups is 3. The molecule has 2 unspecified atom stereocenters. The number of rotatable bonds is 2. The molecule has 214 valence electrons. The van der Waals surface area contributed by atoms with Gasteiger partial charge in [-0.2, -0.15) is 0 Å². The Morgan fingerprint density at radius 2 is 2.00 bits per heavy atom. The van der Waals surface area contributed by atoms with Gasteiger partial charge >= 0.3 is 5.97 Å². The SMILES string of the molecule is COC1Cc2nc(co2)C(=O)N2CCCC2C(=O)O[C@H](C(C)C)[C@H](C)/C=C\C(=O)NC/C=C\C(C)=C/[C@@H](O)C1. The van der Waals surface area contributed by atoms with Crippen LogP contribution < -0.4 is 5.32 Å². The van der Waals surface area contributed by atoms with Crippen LogP contribution in [0.4, 0.5) is 0 Å². The molecular formula is C29H41N3O7. The van der Waals surface area contributed by atoms with E-state index in [1.165, 1.54) is 24.3 Å². The van der Waals surface area contributed by atoms with Crippen LogP contribution in [0.2, 0.25) is 0 Å². The molecule has 5 atom stereocenters. The standard InChI is InChI=1S/C29H41N3O7/c1-18(2)27-20(4)10-11-25(34)30-12-6-8-19(3)14-21(33)15-22(37-5)16-26-31-23(17-38-26)28(35)32-13-7-9-24(32)29(36)39-27/h6,8,10-11,14,17-18,20-22,24,27,33H,7,9,12-13,15-16H2,1-5H3,(H,30,34)/b8-6-,11-10-,19-14-/t20-,21-,22?,24?,27-/m1/s1. The van der Waals surface area contributed by atoms with Gasteiger partial charge in [-0.15, -0.1) is 0 Å². The van der Waals surface area contributed by atoms with Gasteiger partial charge in [-0.3, -0.25) is 9.59 Å². The van der Waals surface area contributed by atoms with E-state index >= 15 is 0 Å². The molecule has 1 aromatic heterocycles. The van der Waals surface area contributed by atoms with Crippen LogP contribution in [0, 0.1) is 11.8 Å². The van der Waals surface area contributed by atoms with Crippen LogP contribution in [0.5, 0.6) is 0 Å². The first-order chi connectivity index (χ1) is 18.6. The van der Waals surface area contributed by atoms with Crippen LogP contribution in [-0.4, -0.2) is 77.3 Å². The molecule has 0 saturated carbocycles. The number of aliphatic hydroxyl groups excluding tert-OH is 1. The highest BCUT2D eigenvalue weighted by molar-refractivity contribution is 5.95. The Morgan fingerprint density at radius 3 is 2.72 bits per heavy atom. The van der Waals surface area contributed by atoms with E-state index in [0.717, 1.165) is 5.57 Å². The lowest BCUT2D eigenvalue weighted by Gasteiger charge is -2.29. The summed E-state index contributed by atoms with van der Waals surface area (Å²) >= 11 is 0. The van der Waals surface area contributed by atoms with Crippen molar-refractivity contribution in [2.24, 2.45) is 11.8 Å². The molecule has 10 heteroatoms. The van der Waals surface area contributed by atoms with Crippen LogP contribution in [-0.2, 0) is 25.5 Å². The number of fused-ring (bicyclic) bond motifs is 3. The average Bonchev–Trinajstić information content (AvgIpc) is 3.57. The zero-order valence-corrected chi connectivity index (χ0v) is 23.5. The van der Waals surface area contributed by atoms with Crippen molar-refractivity contribution in [2.45, 2.75) is 77.7 Å². The smallest absolute Gasteiger partial charge is 0.329 e. The van der Waals surface area contributed by atoms with Crippen LogP contribution in [0.3, 0.4) is 0 Å². The zero-order chi connectivity index (χ0) is 28.5. The molecule has 1 saturated heterocycles. The molecule has 1 aromatic rings. The maximum Gasteiger partial charge on any atom is 0.329 e. The van der Waals surface area contributed by atoms with Gasteiger partial charge in [0.25, 0.3) is 5.91 Å². The van der Waals surface area contributed by atoms with E-state index < -0.39 is 36.2 Å². The van der Waals surface area contributed by atoms with Gasteiger partial charge in [-0.1, -0.05) is 50.6 Å². The fourth-order valence-electron chi connectivity index (χ4n) is 4.93. The summed E-state index contributed by atoms with van der Waals surface area (Å²) in [6, 6.07) is -0.719. The summed E-state index contributed by atoms with van der Waals surface area (Å²) in [6.07, 6.45) is 9.89. The number of aromatic nitrogens is 1. The van der Waals surface area contributed by atoms with Crippen LogP contribution >= 0.6 is 0 Å². The first-order valence-corrected chi connectivity index (χ1v) is 13.6. The average molecular weight is 544 g/mol. The number of methoxy groups -OCH3 is 1. The highest BCUT2D eigenvalue weighted by atomic mass is 16.5. The lowest BCUT2D eigenvalue weighted by molar-refractivity contribution is -0.158. The summed E-state index contributed by atoms with van der Waals surface area (Å²) in [7, 11) is 1.54. The third kappa shape index (κ3) is 8.63. The number of aliphatic hydroxyl groups is 1. The maximum absolute atomic E-state index is 13.3. The number of oxazole rings is 1. The Labute approximate surface area is 230 Å². The number of carbonyl (C=O) groups excluding carboxylic acids is 3. The monoisotopic (exact) mass is 543 g/mol. The predicted octanol–water partition coefficient (Wildman–Crippen LogP) is 2.98. The normalized spacial score (nSPS) is 31.2. The number of allylic oxidation sites excluding steroid dienone is 2. The van der Waals surface area contributed by atoms with E-state index in [2.05, 4.69) is 10.3 Å². The Hall–Kier alpha value is -3.24. The van der Waals surface area contributed by atoms with Crippen molar-refractivity contribution in [3.63, 3.8) is 0 Å². The third-order valence-corrected chi connectivity index (χ3v) is 7.01. The summed E-state index contributed by atoms with van der Waals surface area (Å²) in [5, 5.41) is 13.3. The molecule has 0 spiro atoms. The molecule has 2 N–H and O–H groups in total. The number of esters is 1. The number of amides is 2. The fourth-order valence-corrected chi connectivity index (χ4v) is 4.93. The first kappa shape index (κ1) is 30.3. The number of ether oxygens (including phenoxy) is 2. The molecule has 0 radical (unpaired) electrons. The quantitative estimate of drug-likeness (QED) is 0.545. The Kier molecular flexibility index (Phi) is 11.1. The molecule has 2 amide bonds. The summed E-state index contributed by atoms with van der Waals surface area (Å²) < 4.78 is 17.0. The second kappa shape index (κ2) is 14.2. The lowest BCUT2D eigenvalue weighted by Crippen LogP contribution is -2.44. The molecule has 2 bridgehead atoms. The van der Waals surface area contributed by atoms with Gasteiger partial charge in [0.2, 0.25) is 5.91 Å². The molecule has 10 nitrogen and oxygen atoms in total. The molecule has 1 fully saturated rings. The van der Waals surface area contributed by atoms with Crippen molar-refractivity contribution in [2.75, 3.05) is 20.2 Å². The fraction of sp³-hybridized carbons (Fsp3) is 0.586.